The number of hydrogen-bond donors (Lipinski definition) is 3. The highest BCUT2D eigenvalue weighted by molar-refractivity contribution is 5.67. The average molecular weight is 224 g/mol. The summed E-state index contributed by atoms with van der Waals surface area (Å²) in [6, 6.07) is 5.42. The average Bonchev–Trinajstić information content (AvgIpc) is 2.13. The monoisotopic (exact) mass is 224 g/mol. The van der Waals surface area contributed by atoms with Crippen molar-refractivity contribution >= 4 is 5.97 Å². The fourth-order valence-corrected chi connectivity index (χ4v) is 1.69. The van der Waals surface area contributed by atoms with Gasteiger partial charge in [-0.15, -0.1) is 0 Å². The second kappa shape index (κ2) is 5.09. The summed E-state index contributed by atoms with van der Waals surface area (Å²) in [5.74, 6) is -1.13. The van der Waals surface area contributed by atoms with Gasteiger partial charge in [0.1, 0.15) is 6.10 Å². The highest BCUT2D eigenvalue weighted by Gasteiger charge is 2.21. The van der Waals surface area contributed by atoms with E-state index >= 15 is 0 Å². The Kier molecular flexibility index (Phi) is 4.04. The molecule has 0 aromatic heterocycles. The number of benzene rings is 1. The van der Waals surface area contributed by atoms with Crippen LogP contribution in [0.5, 0.6) is 0 Å². The Morgan fingerprint density at radius 3 is 2.12 bits per heavy atom. The molecular formula is C12H16O4. The molecule has 1 aromatic carbocycles. The molecule has 4 heteroatoms. The van der Waals surface area contributed by atoms with E-state index in [0.29, 0.717) is 5.56 Å². The van der Waals surface area contributed by atoms with Crippen LogP contribution in [-0.2, 0) is 4.79 Å². The summed E-state index contributed by atoms with van der Waals surface area (Å²) < 4.78 is 0. The van der Waals surface area contributed by atoms with Gasteiger partial charge < -0.3 is 15.3 Å². The zero-order valence-electron chi connectivity index (χ0n) is 9.34. The van der Waals surface area contributed by atoms with Gasteiger partial charge in [0.2, 0.25) is 0 Å². The lowest BCUT2D eigenvalue weighted by Gasteiger charge is -2.17. The summed E-state index contributed by atoms with van der Waals surface area (Å²) in [6.45, 7) is 3.76. The molecule has 0 aliphatic heterocycles. The molecule has 0 aliphatic carbocycles. The zero-order valence-corrected chi connectivity index (χ0v) is 9.34. The molecule has 16 heavy (non-hydrogen) atoms. The van der Waals surface area contributed by atoms with Crippen LogP contribution < -0.4 is 0 Å². The standard InChI is InChI=1S/C12H16O4/c1-7-3-8(2)5-9(4-7)12(16)10(13)6-11(14)15/h3-5,10,12-13,16H,6H2,1-2H3,(H,14,15). The molecule has 0 amide bonds. The lowest BCUT2D eigenvalue weighted by Crippen LogP contribution is -2.21. The Morgan fingerprint density at radius 1 is 1.19 bits per heavy atom. The number of carboxylic acid groups (broad SMARTS) is 1. The van der Waals surface area contributed by atoms with Crippen LogP contribution in [0.2, 0.25) is 0 Å². The van der Waals surface area contributed by atoms with E-state index in [1.165, 1.54) is 0 Å². The smallest absolute Gasteiger partial charge is 0.306 e. The molecule has 0 bridgehead atoms. The van der Waals surface area contributed by atoms with Crippen molar-refractivity contribution in [2.24, 2.45) is 0 Å². The summed E-state index contributed by atoms with van der Waals surface area (Å²) in [4.78, 5) is 10.4. The minimum Gasteiger partial charge on any atom is -0.481 e. The third kappa shape index (κ3) is 3.32. The van der Waals surface area contributed by atoms with Gasteiger partial charge in [0.05, 0.1) is 12.5 Å². The van der Waals surface area contributed by atoms with Gasteiger partial charge in [-0.05, 0) is 19.4 Å². The fourth-order valence-electron chi connectivity index (χ4n) is 1.69. The summed E-state index contributed by atoms with van der Waals surface area (Å²) in [5, 5.41) is 27.8. The van der Waals surface area contributed by atoms with E-state index in [4.69, 9.17) is 5.11 Å². The summed E-state index contributed by atoms with van der Waals surface area (Å²) >= 11 is 0. The second-order valence-electron chi connectivity index (χ2n) is 4.03. The molecule has 4 nitrogen and oxygen atoms in total. The maximum Gasteiger partial charge on any atom is 0.306 e. The van der Waals surface area contributed by atoms with Gasteiger partial charge in [-0.2, -0.15) is 0 Å². The van der Waals surface area contributed by atoms with E-state index in [1.807, 2.05) is 19.9 Å². The first kappa shape index (κ1) is 12.7. The maximum absolute atomic E-state index is 10.4. The van der Waals surface area contributed by atoms with Gasteiger partial charge in [0.25, 0.3) is 0 Å². The van der Waals surface area contributed by atoms with Crippen LogP contribution in [-0.4, -0.2) is 27.4 Å². The Hall–Kier alpha value is -1.39. The molecule has 0 saturated heterocycles. The van der Waals surface area contributed by atoms with Crippen molar-refractivity contribution in [2.75, 3.05) is 0 Å². The molecule has 2 atom stereocenters. The Bertz CT molecular complexity index is 366. The topological polar surface area (TPSA) is 77.8 Å². The number of hydrogen-bond acceptors (Lipinski definition) is 3. The third-order valence-electron chi connectivity index (χ3n) is 2.33. The van der Waals surface area contributed by atoms with Crippen LogP contribution in [0, 0.1) is 13.8 Å². The molecule has 1 aromatic rings. The van der Waals surface area contributed by atoms with Gasteiger partial charge in [-0.1, -0.05) is 29.3 Å². The molecular weight excluding hydrogens is 208 g/mol. The highest BCUT2D eigenvalue weighted by atomic mass is 16.4. The largest absolute Gasteiger partial charge is 0.481 e. The molecule has 0 spiro atoms. The van der Waals surface area contributed by atoms with E-state index in [0.717, 1.165) is 11.1 Å². The number of aliphatic carboxylic acids is 1. The predicted octanol–water partition coefficient (Wildman–Crippen LogP) is 1.17. The number of aliphatic hydroxyl groups excluding tert-OH is 2. The van der Waals surface area contributed by atoms with Crippen molar-refractivity contribution in [1.29, 1.82) is 0 Å². The third-order valence-corrected chi connectivity index (χ3v) is 2.33. The highest BCUT2D eigenvalue weighted by Crippen LogP contribution is 2.21. The Labute approximate surface area is 94.2 Å². The molecule has 0 aliphatic rings. The Morgan fingerprint density at radius 2 is 1.69 bits per heavy atom. The SMILES string of the molecule is Cc1cc(C)cc(C(O)C(O)CC(=O)O)c1. The van der Waals surface area contributed by atoms with Gasteiger partial charge in [0, 0.05) is 0 Å². The molecule has 88 valence electrons. The van der Waals surface area contributed by atoms with E-state index in [-0.39, 0.29) is 0 Å². The maximum atomic E-state index is 10.4. The number of carboxylic acids is 1. The number of rotatable bonds is 4. The molecule has 0 fully saturated rings. The quantitative estimate of drug-likeness (QED) is 0.717. The van der Waals surface area contributed by atoms with Gasteiger partial charge in [0.15, 0.2) is 0 Å². The summed E-state index contributed by atoms with van der Waals surface area (Å²) in [5.41, 5.74) is 2.49. The van der Waals surface area contributed by atoms with Gasteiger partial charge in [-0.25, -0.2) is 0 Å². The molecule has 2 unspecified atom stereocenters. The van der Waals surface area contributed by atoms with E-state index in [9.17, 15) is 15.0 Å². The summed E-state index contributed by atoms with van der Waals surface area (Å²) in [7, 11) is 0. The molecule has 0 saturated carbocycles. The van der Waals surface area contributed by atoms with Crippen molar-refractivity contribution in [3.05, 3.63) is 34.9 Å². The number of carbonyl (C=O) groups is 1. The Balaban J connectivity index is 2.86. The fraction of sp³-hybridized carbons (Fsp3) is 0.417. The van der Waals surface area contributed by atoms with Gasteiger partial charge >= 0.3 is 5.97 Å². The van der Waals surface area contributed by atoms with Crippen LogP contribution in [0.15, 0.2) is 18.2 Å². The van der Waals surface area contributed by atoms with Crippen molar-refractivity contribution in [2.45, 2.75) is 32.5 Å². The lowest BCUT2D eigenvalue weighted by molar-refractivity contribution is -0.141. The van der Waals surface area contributed by atoms with Crippen LogP contribution >= 0.6 is 0 Å². The lowest BCUT2D eigenvalue weighted by atomic mass is 9.98. The van der Waals surface area contributed by atoms with E-state index < -0.39 is 24.6 Å². The first-order valence-electron chi connectivity index (χ1n) is 5.06. The van der Waals surface area contributed by atoms with Crippen molar-refractivity contribution in [3.8, 4) is 0 Å². The number of aliphatic hydroxyl groups is 2. The minimum atomic E-state index is -1.28. The van der Waals surface area contributed by atoms with Crippen LogP contribution in [0.4, 0.5) is 0 Å². The molecule has 3 N–H and O–H groups in total. The second-order valence-corrected chi connectivity index (χ2v) is 4.03. The van der Waals surface area contributed by atoms with Crippen LogP contribution in [0.3, 0.4) is 0 Å². The van der Waals surface area contributed by atoms with Crippen LogP contribution in [0.1, 0.15) is 29.2 Å². The van der Waals surface area contributed by atoms with Crippen molar-refractivity contribution < 1.29 is 20.1 Å². The summed E-state index contributed by atoms with van der Waals surface area (Å²) in [6.07, 6.45) is -2.90. The van der Waals surface area contributed by atoms with Crippen LogP contribution in [0.25, 0.3) is 0 Å². The number of aryl methyl sites for hydroxylation is 2. The molecule has 1 rings (SSSR count). The van der Waals surface area contributed by atoms with E-state index in [2.05, 4.69) is 0 Å². The first-order chi connectivity index (χ1) is 7.40. The zero-order chi connectivity index (χ0) is 12.3. The van der Waals surface area contributed by atoms with Gasteiger partial charge in [-0.3, -0.25) is 4.79 Å². The molecule has 0 heterocycles. The van der Waals surface area contributed by atoms with Crippen molar-refractivity contribution in [3.63, 3.8) is 0 Å². The first-order valence-corrected chi connectivity index (χ1v) is 5.06. The van der Waals surface area contributed by atoms with E-state index in [1.54, 1.807) is 12.1 Å². The molecule has 0 radical (unpaired) electrons. The minimum absolute atomic E-state index is 0.464. The van der Waals surface area contributed by atoms with Crippen molar-refractivity contribution in [1.82, 2.24) is 0 Å². The predicted molar refractivity (Wildman–Crippen MR) is 59.1 cm³/mol. The normalized spacial score (nSPS) is 14.5.